The van der Waals surface area contributed by atoms with Crippen LogP contribution in [0.4, 0.5) is 0 Å². The average Bonchev–Trinajstić information content (AvgIpc) is 2.44. The molecule has 0 spiro atoms. The molecule has 0 radical (unpaired) electrons. The Labute approximate surface area is 124 Å². The largest absolute Gasteiger partial charge is 0.497 e. The highest BCUT2D eigenvalue weighted by molar-refractivity contribution is 7.80. The van der Waals surface area contributed by atoms with Crippen LogP contribution in [0.15, 0.2) is 24.3 Å². The van der Waals surface area contributed by atoms with Crippen LogP contribution < -0.4 is 15.4 Å². The average molecular weight is 296 g/mol. The fourth-order valence-corrected chi connectivity index (χ4v) is 1.98. The third-order valence-corrected chi connectivity index (χ3v) is 3.09. The first-order chi connectivity index (χ1) is 9.56. The Morgan fingerprint density at radius 1 is 1.40 bits per heavy atom. The molecular weight excluding hydrogens is 276 g/mol. The van der Waals surface area contributed by atoms with Gasteiger partial charge in [0.2, 0.25) is 11.8 Å². The molecule has 0 bridgehead atoms. The lowest BCUT2D eigenvalue weighted by Gasteiger charge is -2.15. The van der Waals surface area contributed by atoms with E-state index < -0.39 is 6.04 Å². The van der Waals surface area contributed by atoms with Crippen LogP contribution in [0, 0.1) is 0 Å². The number of nitrogens with one attached hydrogen (secondary N) is 2. The molecule has 2 N–H and O–H groups in total. The van der Waals surface area contributed by atoms with Crippen molar-refractivity contribution in [1.29, 1.82) is 0 Å². The Bertz CT molecular complexity index is 465. The molecule has 1 unspecified atom stereocenters. The molecule has 20 heavy (non-hydrogen) atoms. The summed E-state index contributed by atoms with van der Waals surface area (Å²) in [7, 11) is 1.62. The highest BCUT2D eigenvalue weighted by Crippen LogP contribution is 2.12. The third kappa shape index (κ3) is 5.52. The highest BCUT2D eigenvalue weighted by Gasteiger charge is 2.16. The molecular formula is C14H20N2O3S. The number of amides is 2. The summed E-state index contributed by atoms with van der Waals surface area (Å²) in [5.74, 6) is 0.593. The molecule has 0 aliphatic carbocycles. The molecule has 0 aromatic heterocycles. The molecule has 0 fully saturated rings. The number of ether oxygens (including phenoxy) is 1. The second-order valence-corrected chi connectivity index (χ2v) is 4.69. The molecule has 1 aromatic rings. The van der Waals surface area contributed by atoms with E-state index in [0.717, 1.165) is 11.3 Å². The van der Waals surface area contributed by atoms with Crippen LogP contribution in [-0.4, -0.2) is 37.3 Å². The Morgan fingerprint density at radius 2 is 2.15 bits per heavy atom. The van der Waals surface area contributed by atoms with Gasteiger partial charge >= 0.3 is 0 Å². The van der Waals surface area contributed by atoms with E-state index in [1.54, 1.807) is 7.11 Å². The Balaban J connectivity index is 2.42. The van der Waals surface area contributed by atoms with Gasteiger partial charge in [-0.25, -0.2) is 0 Å². The van der Waals surface area contributed by atoms with Gasteiger partial charge in [-0.1, -0.05) is 12.1 Å². The summed E-state index contributed by atoms with van der Waals surface area (Å²) in [6, 6.07) is 7.08. The molecule has 0 heterocycles. The van der Waals surface area contributed by atoms with Crippen LogP contribution in [0.25, 0.3) is 0 Å². The fraction of sp³-hybridized carbons (Fsp3) is 0.429. The van der Waals surface area contributed by atoms with Crippen LogP contribution >= 0.6 is 12.6 Å². The number of hydrogen-bond donors (Lipinski definition) is 3. The lowest BCUT2D eigenvalue weighted by molar-refractivity contribution is -0.127. The molecule has 0 aliphatic rings. The normalized spacial score (nSPS) is 11.6. The van der Waals surface area contributed by atoms with Crippen molar-refractivity contribution in [1.82, 2.24) is 10.6 Å². The molecule has 0 aliphatic heterocycles. The second kappa shape index (κ2) is 8.47. The van der Waals surface area contributed by atoms with E-state index in [1.807, 2.05) is 24.3 Å². The van der Waals surface area contributed by atoms with Gasteiger partial charge in [-0.15, -0.1) is 0 Å². The number of hydrogen-bond acceptors (Lipinski definition) is 4. The number of rotatable bonds is 7. The quantitative estimate of drug-likeness (QED) is 0.652. The number of carbonyl (C=O) groups excluding carboxylic acids is 2. The Hall–Kier alpha value is -1.69. The first-order valence-electron chi connectivity index (χ1n) is 6.35. The standard InChI is InChI=1S/C14H20N2O3S/c1-10(17)16-13(9-20)14(18)15-7-6-11-4-3-5-12(8-11)19-2/h3-5,8,13,20H,6-7,9H2,1-2H3,(H,15,18)(H,16,17). The Kier molecular flexibility index (Phi) is 6.93. The lowest BCUT2D eigenvalue weighted by atomic mass is 10.1. The van der Waals surface area contributed by atoms with Gasteiger partial charge in [-0.3, -0.25) is 9.59 Å². The summed E-state index contributed by atoms with van der Waals surface area (Å²) >= 11 is 4.06. The monoisotopic (exact) mass is 296 g/mol. The first-order valence-corrected chi connectivity index (χ1v) is 6.98. The predicted octanol–water partition coefficient (Wildman–Crippen LogP) is 0.788. The van der Waals surface area contributed by atoms with Gasteiger partial charge in [-0.2, -0.15) is 12.6 Å². The minimum atomic E-state index is -0.596. The summed E-state index contributed by atoms with van der Waals surface area (Å²) in [5.41, 5.74) is 1.08. The highest BCUT2D eigenvalue weighted by atomic mass is 32.1. The van der Waals surface area contributed by atoms with Gasteiger partial charge < -0.3 is 15.4 Å². The molecule has 6 heteroatoms. The summed E-state index contributed by atoms with van der Waals surface area (Å²) in [5, 5.41) is 5.33. The van der Waals surface area contributed by atoms with Crippen molar-refractivity contribution >= 4 is 24.4 Å². The molecule has 1 aromatic carbocycles. The van der Waals surface area contributed by atoms with Gasteiger partial charge in [0.1, 0.15) is 11.8 Å². The van der Waals surface area contributed by atoms with Crippen molar-refractivity contribution in [2.24, 2.45) is 0 Å². The topological polar surface area (TPSA) is 67.4 Å². The molecule has 1 rings (SSSR count). The minimum Gasteiger partial charge on any atom is -0.497 e. The van der Waals surface area contributed by atoms with Gasteiger partial charge in [0.05, 0.1) is 7.11 Å². The molecule has 0 saturated heterocycles. The SMILES string of the molecule is COc1cccc(CCNC(=O)C(CS)NC(C)=O)c1. The molecule has 5 nitrogen and oxygen atoms in total. The molecule has 0 saturated carbocycles. The van der Waals surface area contributed by atoms with Crippen LogP contribution in [-0.2, 0) is 16.0 Å². The van der Waals surface area contributed by atoms with E-state index in [0.29, 0.717) is 13.0 Å². The third-order valence-electron chi connectivity index (χ3n) is 2.72. The van der Waals surface area contributed by atoms with Gasteiger partial charge in [0.25, 0.3) is 0 Å². The van der Waals surface area contributed by atoms with Crippen LogP contribution in [0.5, 0.6) is 5.75 Å². The van der Waals surface area contributed by atoms with Crippen LogP contribution in [0.1, 0.15) is 12.5 Å². The summed E-state index contributed by atoms with van der Waals surface area (Å²) in [6.07, 6.45) is 0.697. The van der Waals surface area contributed by atoms with E-state index in [-0.39, 0.29) is 17.6 Å². The maximum absolute atomic E-state index is 11.8. The summed E-state index contributed by atoms with van der Waals surface area (Å²) in [4.78, 5) is 22.8. The lowest BCUT2D eigenvalue weighted by Crippen LogP contribution is -2.47. The van der Waals surface area contributed by atoms with Crippen molar-refractivity contribution in [3.05, 3.63) is 29.8 Å². The summed E-state index contributed by atoms with van der Waals surface area (Å²) < 4.78 is 5.14. The molecule has 1 atom stereocenters. The zero-order valence-corrected chi connectivity index (χ0v) is 12.6. The maximum atomic E-state index is 11.8. The smallest absolute Gasteiger partial charge is 0.243 e. The number of benzene rings is 1. The van der Waals surface area contributed by atoms with Crippen molar-refractivity contribution < 1.29 is 14.3 Å². The van der Waals surface area contributed by atoms with Crippen molar-refractivity contribution in [2.75, 3.05) is 19.4 Å². The summed E-state index contributed by atoms with van der Waals surface area (Å²) in [6.45, 7) is 1.87. The number of methoxy groups -OCH3 is 1. The van der Waals surface area contributed by atoms with E-state index in [1.165, 1.54) is 6.92 Å². The van der Waals surface area contributed by atoms with Gasteiger partial charge in [0.15, 0.2) is 0 Å². The van der Waals surface area contributed by atoms with E-state index in [9.17, 15) is 9.59 Å². The van der Waals surface area contributed by atoms with Crippen molar-refractivity contribution in [3.8, 4) is 5.75 Å². The van der Waals surface area contributed by atoms with E-state index in [2.05, 4.69) is 23.3 Å². The van der Waals surface area contributed by atoms with E-state index >= 15 is 0 Å². The second-order valence-electron chi connectivity index (χ2n) is 4.33. The molecule has 2 amide bonds. The minimum absolute atomic E-state index is 0.224. The molecule has 110 valence electrons. The van der Waals surface area contributed by atoms with Crippen LogP contribution in [0.2, 0.25) is 0 Å². The fourth-order valence-electron chi connectivity index (χ4n) is 1.72. The first kappa shape index (κ1) is 16.4. The zero-order valence-electron chi connectivity index (χ0n) is 11.7. The van der Waals surface area contributed by atoms with Crippen molar-refractivity contribution in [2.45, 2.75) is 19.4 Å². The predicted molar refractivity (Wildman–Crippen MR) is 81.2 cm³/mol. The number of carbonyl (C=O) groups is 2. The van der Waals surface area contributed by atoms with Crippen LogP contribution in [0.3, 0.4) is 0 Å². The number of thiol groups is 1. The van der Waals surface area contributed by atoms with Crippen molar-refractivity contribution in [3.63, 3.8) is 0 Å². The van der Waals surface area contributed by atoms with Gasteiger partial charge in [0, 0.05) is 19.2 Å². The maximum Gasteiger partial charge on any atom is 0.243 e. The van der Waals surface area contributed by atoms with Gasteiger partial charge in [-0.05, 0) is 24.1 Å². The Morgan fingerprint density at radius 3 is 2.75 bits per heavy atom. The zero-order chi connectivity index (χ0) is 15.0. The van der Waals surface area contributed by atoms with E-state index in [4.69, 9.17) is 4.74 Å².